The molecular weight excluding hydrogens is 254 g/mol. The van der Waals surface area contributed by atoms with Crippen molar-refractivity contribution in [2.75, 3.05) is 39.4 Å². The number of guanidine groups is 1. The lowest BCUT2D eigenvalue weighted by Crippen LogP contribution is -2.44. The van der Waals surface area contributed by atoms with Crippen LogP contribution in [0, 0.1) is 5.41 Å². The van der Waals surface area contributed by atoms with Crippen LogP contribution in [0.1, 0.15) is 40.0 Å². The maximum absolute atomic E-state index is 10.5. The number of nitrogens with one attached hydrogen (secondary N) is 1. The van der Waals surface area contributed by atoms with E-state index < -0.39 is 5.60 Å². The van der Waals surface area contributed by atoms with Gasteiger partial charge in [0.2, 0.25) is 0 Å². The van der Waals surface area contributed by atoms with Gasteiger partial charge in [0.25, 0.3) is 0 Å². The van der Waals surface area contributed by atoms with Crippen LogP contribution in [0.25, 0.3) is 0 Å². The fourth-order valence-electron chi connectivity index (χ4n) is 2.85. The number of nitrogens with zero attached hydrogens (tertiary/aromatic N) is 2. The van der Waals surface area contributed by atoms with Crippen LogP contribution in [-0.4, -0.2) is 61.0 Å². The summed E-state index contributed by atoms with van der Waals surface area (Å²) in [5.41, 5.74) is -0.333. The van der Waals surface area contributed by atoms with Gasteiger partial charge in [-0.1, -0.05) is 13.8 Å². The third-order valence-corrected chi connectivity index (χ3v) is 4.26. The van der Waals surface area contributed by atoms with E-state index in [2.05, 4.69) is 36.0 Å². The SMILES string of the molecule is CCNC(=NCC1(O)CCOCC1)N1CCC(C)(C)C1. The van der Waals surface area contributed by atoms with E-state index >= 15 is 0 Å². The first kappa shape index (κ1) is 15.6. The molecule has 116 valence electrons. The standard InChI is InChI=1S/C15H29N3O2/c1-4-16-13(18-8-5-14(2,3)12-18)17-11-15(19)6-9-20-10-7-15/h19H,4-12H2,1-3H3,(H,16,17). The molecule has 5 heteroatoms. The largest absolute Gasteiger partial charge is 0.388 e. The van der Waals surface area contributed by atoms with Gasteiger partial charge in [0.05, 0.1) is 12.1 Å². The Balaban J connectivity index is 1.98. The zero-order valence-corrected chi connectivity index (χ0v) is 13.1. The van der Waals surface area contributed by atoms with Crippen molar-refractivity contribution in [3.05, 3.63) is 0 Å². The minimum absolute atomic E-state index is 0.353. The van der Waals surface area contributed by atoms with Crippen LogP contribution in [0.2, 0.25) is 0 Å². The van der Waals surface area contributed by atoms with Gasteiger partial charge in [0.1, 0.15) is 0 Å². The van der Waals surface area contributed by atoms with Crippen LogP contribution < -0.4 is 5.32 Å². The van der Waals surface area contributed by atoms with E-state index in [0.717, 1.165) is 25.6 Å². The highest BCUT2D eigenvalue weighted by Gasteiger charge is 2.33. The molecule has 2 heterocycles. The topological polar surface area (TPSA) is 57.1 Å². The molecule has 0 saturated carbocycles. The van der Waals surface area contributed by atoms with Gasteiger partial charge in [-0.05, 0) is 18.8 Å². The zero-order chi connectivity index (χ0) is 14.6. The average Bonchev–Trinajstić information content (AvgIpc) is 2.76. The highest BCUT2D eigenvalue weighted by Crippen LogP contribution is 2.29. The molecule has 20 heavy (non-hydrogen) atoms. The summed E-state index contributed by atoms with van der Waals surface area (Å²) < 4.78 is 5.31. The smallest absolute Gasteiger partial charge is 0.194 e. The number of ether oxygens (including phenoxy) is 1. The van der Waals surface area contributed by atoms with Gasteiger partial charge in [0, 0.05) is 45.7 Å². The first-order valence-corrected chi connectivity index (χ1v) is 7.78. The molecule has 0 aromatic rings. The molecule has 2 aliphatic heterocycles. The molecule has 0 spiro atoms. The van der Waals surface area contributed by atoms with Gasteiger partial charge in [-0.2, -0.15) is 0 Å². The number of rotatable bonds is 3. The Labute approximate surface area is 122 Å². The van der Waals surface area contributed by atoms with E-state index in [1.54, 1.807) is 0 Å². The maximum atomic E-state index is 10.5. The predicted octanol–water partition coefficient (Wildman–Crippen LogP) is 1.23. The summed E-state index contributed by atoms with van der Waals surface area (Å²) in [6.07, 6.45) is 2.55. The van der Waals surface area contributed by atoms with Crippen LogP contribution in [0.5, 0.6) is 0 Å². The van der Waals surface area contributed by atoms with Gasteiger partial charge in [-0.15, -0.1) is 0 Å². The molecule has 0 unspecified atom stereocenters. The van der Waals surface area contributed by atoms with Gasteiger partial charge in [-0.3, -0.25) is 4.99 Å². The third-order valence-electron chi connectivity index (χ3n) is 4.26. The van der Waals surface area contributed by atoms with Crippen molar-refractivity contribution in [1.29, 1.82) is 0 Å². The van der Waals surface area contributed by atoms with Crippen LogP contribution in [0.3, 0.4) is 0 Å². The van der Waals surface area contributed by atoms with Crippen molar-refractivity contribution < 1.29 is 9.84 Å². The predicted molar refractivity (Wildman–Crippen MR) is 81.0 cm³/mol. The Kier molecular flexibility index (Phi) is 4.91. The molecule has 0 aromatic carbocycles. The Morgan fingerprint density at radius 1 is 1.30 bits per heavy atom. The molecule has 2 N–H and O–H groups in total. The van der Waals surface area contributed by atoms with Gasteiger partial charge in [0.15, 0.2) is 5.96 Å². The summed E-state index contributed by atoms with van der Waals surface area (Å²) >= 11 is 0. The van der Waals surface area contributed by atoms with Crippen molar-refractivity contribution in [2.24, 2.45) is 10.4 Å². The lowest BCUT2D eigenvalue weighted by molar-refractivity contribution is -0.0566. The van der Waals surface area contributed by atoms with Crippen LogP contribution in [0.15, 0.2) is 4.99 Å². The minimum Gasteiger partial charge on any atom is -0.388 e. The maximum Gasteiger partial charge on any atom is 0.194 e. The summed E-state index contributed by atoms with van der Waals surface area (Å²) in [5.74, 6) is 0.943. The van der Waals surface area contributed by atoms with Crippen molar-refractivity contribution >= 4 is 5.96 Å². The second-order valence-electron chi connectivity index (χ2n) is 6.84. The summed E-state index contributed by atoms with van der Waals surface area (Å²) in [6, 6.07) is 0. The van der Waals surface area contributed by atoms with E-state index in [1.807, 2.05) is 0 Å². The average molecular weight is 283 g/mol. The molecule has 0 bridgehead atoms. The Hall–Kier alpha value is -0.810. The molecule has 0 aromatic heterocycles. The molecule has 2 fully saturated rings. The van der Waals surface area contributed by atoms with Gasteiger partial charge in [-0.25, -0.2) is 0 Å². The van der Waals surface area contributed by atoms with E-state index in [1.165, 1.54) is 6.42 Å². The summed E-state index contributed by atoms with van der Waals surface area (Å²) in [4.78, 5) is 6.99. The Morgan fingerprint density at radius 2 is 2.00 bits per heavy atom. The van der Waals surface area contributed by atoms with E-state index in [9.17, 15) is 5.11 Å². The monoisotopic (exact) mass is 283 g/mol. The zero-order valence-electron chi connectivity index (χ0n) is 13.1. The van der Waals surface area contributed by atoms with Crippen molar-refractivity contribution in [1.82, 2.24) is 10.2 Å². The van der Waals surface area contributed by atoms with Crippen molar-refractivity contribution in [3.63, 3.8) is 0 Å². The van der Waals surface area contributed by atoms with Gasteiger partial charge >= 0.3 is 0 Å². The van der Waals surface area contributed by atoms with E-state index in [4.69, 9.17) is 4.74 Å². The first-order valence-electron chi connectivity index (χ1n) is 7.78. The summed E-state index contributed by atoms with van der Waals surface area (Å²) in [7, 11) is 0. The molecule has 2 rings (SSSR count). The van der Waals surface area contributed by atoms with Gasteiger partial charge < -0.3 is 20.1 Å². The molecule has 2 aliphatic rings. The molecule has 0 radical (unpaired) electrons. The highest BCUT2D eigenvalue weighted by molar-refractivity contribution is 5.80. The highest BCUT2D eigenvalue weighted by atomic mass is 16.5. The Bertz CT molecular complexity index is 349. The van der Waals surface area contributed by atoms with E-state index in [0.29, 0.717) is 38.0 Å². The molecule has 0 amide bonds. The molecule has 0 atom stereocenters. The van der Waals surface area contributed by atoms with E-state index in [-0.39, 0.29) is 0 Å². The summed E-state index contributed by atoms with van der Waals surface area (Å²) in [6.45, 7) is 11.3. The molecular formula is C15H29N3O2. The fourth-order valence-corrected chi connectivity index (χ4v) is 2.85. The Morgan fingerprint density at radius 3 is 2.55 bits per heavy atom. The van der Waals surface area contributed by atoms with Crippen molar-refractivity contribution in [2.45, 2.75) is 45.6 Å². The second-order valence-corrected chi connectivity index (χ2v) is 6.84. The fraction of sp³-hybridized carbons (Fsp3) is 0.933. The molecule has 0 aliphatic carbocycles. The summed E-state index contributed by atoms with van der Waals surface area (Å²) in [5, 5.41) is 13.9. The molecule has 2 saturated heterocycles. The first-order chi connectivity index (χ1) is 9.44. The van der Waals surface area contributed by atoms with Crippen LogP contribution in [0.4, 0.5) is 0 Å². The number of hydrogen-bond acceptors (Lipinski definition) is 3. The number of likely N-dealkylation sites (tertiary alicyclic amines) is 1. The van der Waals surface area contributed by atoms with Crippen LogP contribution >= 0.6 is 0 Å². The molecule has 5 nitrogen and oxygen atoms in total. The van der Waals surface area contributed by atoms with Crippen molar-refractivity contribution in [3.8, 4) is 0 Å². The second kappa shape index (κ2) is 6.31. The normalized spacial score (nSPS) is 25.8. The lowest BCUT2D eigenvalue weighted by atomic mass is 9.93. The lowest BCUT2D eigenvalue weighted by Gasteiger charge is -2.31. The van der Waals surface area contributed by atoms with Crippen LogP contribution in [-0.2, 0) is 4.74 Å². The number of aliphatic hydroxyl groups is 1. The number of aliphatic imine (C=N–C) groups is 1. The third kappa shape index (κ3) is 4.09. The minimum atomic E-state index is -0.686. The number of hydrogen-bond donors (Lipinski definition) is 2. The quantitative estimate of drug-likeness (QED) is 0.604.